The van der Waals surface area contributed by atoms with E-state index in [9.17, 15) is 0 Å². The Kier molecular flexibility index (Phi) is 2.93. The first-order valence-electron chi connectivity index (χ1n) is 5.84. The van der Waals surface area contributed by atoms with Crippen LogP contribution >= 0.6 is 11.3 Å². The Morgan fingerprint density at radius 2 is 2.17 bits per heavy atom. The van der Waals surface area contributed by atoms with Crippen LogP contribution in [0.1, 0.15) is 10.7 Å². The number of aryl methyl sites for hydroxylation is 1. The number of thiazole rings is 1. The second-order valence-corrected chi connectivity index (χ2v) is 5.21. The molecule has 0 spiro atoms. The monoisotopic (exact) mass is 262 g/mol. The third kappa shape index (κ3) is 1.95. The van der Waals surface area contributed by atoms with Gasteiger partial charge in [0.05, 0.1) is 15.6 Å². The van der Waals surface area contributed by atoms with Crippen molar-refractivity contribution in [3.05, 3.63) is 28.9 Å². The van der Waals surface area contributed by atoms with Crippen LogP contribution in [0.5, 0.6) is 11.5 Å². The number of fused-ring (bicyclic) bond motifs is 1. The molecule has 0 bridgehead atoms. The third-order valence-corrected chi connectivity index (χ3v) is 4.10. The Bertz CT molecular complexity index is 580. The lowest BCUT2D eigenvalue weighted by Crippen LogP contribution is -2.01. The van der Waals surface area contributed by atoms with Crippen LogP contribution in [0.3, 0.4) is 0 Å². The Labute approximate surface area is 109 Å². The summed E-state index contributed by atoms with van der Waals surface area (Å²) in [6.45, 7) is 2.96. The number of ether oxygens (including phenoxy) is 2. The first-order chi connectivity index (χ1) is 8.78. The molecule has 1 aliphatic rings. The zero-order valence-corrected chi connectivity index (χ0v) is 10.9. The van der Waals surface area contributed by atoms with Crippen molar-refractivity contribution < 1.29 is 9.47 Å². The van der Waals surface area contributed by atoms with E-state index in [1.165, 1.54) is 4.88 Å². The molecule has 2 N–H and O–H groups in total. The molecule has 18 heavy (non-hydrogen) atoms. The number of nitrogens with two attached hydrogens (primary N) is 1. The van der Waals surface area contributed by atoms with E-state index < -0.39 is 0 Å². The van der Waals surface area contributed by atoms with Gasteiger partial charge in [0.2, 0.25) is 6.79 Å². The molecule has 0 fully saturated rings. The molecule has 3 rings (SSSR count). The Morgan fingerprint density at radius 3 is 3.00 bits per heavy atom. The van der Waals surface area contributed by atoms with Crippen molar-refractivity contribution in [2.45, 2.75) is 13.3 Å². The van der Waals surface area contributed by atoms with Gasteiger partial charge in [0, 0.05) is 6.42 Å². The van der Waals surface area contributed by atoms with Crippen LogP contribution < -0.4 is 15.2 Å². The Morgan fingerprint density at radius 1 is 1.33 bits per heavy atom. The molecule has 1 aromatic heterocycles. The predicted octanol–water partition coefficient (Wildman–Crippen LogP) is 2.35. The third-order valence-electron chi connectivity index (χ3n) is 2.83. The summed E-state index contributed by atoms with van der Waals surface area (Å²) in [5.41, 5.74) is 7.73. The molecule has 5 heteroatoms. The molecular weight excluding hydrogens is 248 g/mol. The van der Waals surface area contributed by atoms with Gasteiger partial charge < -0.3 is 15.2 Å². The quantitative estimate of drug-likeness (QED) is 0.922. The molecule has 1 aliphatic heterocycles. The molecule has 1 aromatic carbocycles. The van der Waals surface area contributed by atoms with Gasteiger partial charge in [-0.25, -0.2) is 4.98 Å². The van der Waals surface area contributed by atoms with Gasteiger partial charge in [0.1, 0.15) is 0 Å². The van der Waals surface area contributed by atoms with E-state index in [2.05, 4.69) is 4.98 Å². The van der Waals surface area contributed by atoms with E-state index in [4.69, 9.17) is 15.2 Å². The van der Waals surface area contributed by atoms with Crippen LogP contribution in [0, 0.1) is 6.92 Å². The van der Waals surface area contributed by atoms with Gasteiger partial charge in [-0.2, -0.15) is 0 Å². The number of hydrogen-bond donors (Lipinski definition) is 1. The van der Waals surface area contributed by atoms with Gasteiger partial charge in [0.15, 0.2) is 11.5 Å². The fraction of sp³-hybridized carbons (Fsp3) is 0.308. The molecule has 94 valence electrons. The summed E-state index contributed by atoms with van der Waals surface area (Å²) in [5, 5.41) is 1.09. The lowest BCUT2D eigenvalue weighted by Gasteiger charge is -2.01. The topological polar surface area (TPSA) is 57.4 Å². The van der Waals surface area contributed by atoms with Gasteiger partial charge in [0.25, 0.3) is 0 Å². The molecule has 2 heterocycles. The second-order valence-electron chi connectivity index (χ2n) is 4.13. The van der Waals surface area contributed by atoms with Crippen molar-refractivity contribution in [3.8, 4) is 21.9 Å². The standard InChI is InChI=1S/C13H14N2O2S/c1-8-13(18-12(15-8)4-5-14)9-2-3-10-11(6-9)17-7-16-10/h2-3,6H,4-5,7,14H2,1H3. The molecule has 0 aliphatic carbocycles. The Hall–Kier alpha value is -1.59. The van der Waals surface area contributed by atoms with E-state index in [-0.39, 0.29) is 0 Å². The van der Waals surface area contributed by atoms with Gasteiger partial charge in [-0.1, -0.05) is 0 Å². The molecule has 0 atom stereocenters. The zero-order valence-electron chi connectivity index (χ0n) is 10.1. The highest BCUT2D eigenvalue weighted by atomic mass is 32.1. The van der Waals surface area contributed by atoms with E-state index in [1.54, 1.807) is 11.3 Å². The van der Waals surface area contributed by atoms with Crippen LogP contribution in [0.4, 0.5) is 0 Å². The second kappa shape index (κ2) is 4.59. The maximum atomic E-state index is 5.56. The minimum absolute atomic E-state index is 0.304. The molecule has 0 unspecified atom stereocenters. The summed E-state index contributed by atoms with van der Waals surface area (Å²) in [5.74, 6) is 1.61. The number of aromatic nitrogens is 1. The fourth-order valence-corrected chi connectivity index (χ4v) is 3.06. The number of hydrogen-bond acceptors (Lipinski definition) is 5. The normalized spacial score (nSPS) is 13.0. The van der Waals surface area contributed by atoms with Crippen molar-refractivity contribution in [1.82, 2.24) is 4.98 Å². The van der Waals surface area contributed by atoms with Crippen LogP contribution in [0.25, 0.3) is 10.4 Å². The Balaban J connectivity index is 1.99. The molecule has 2 aromatic rings. The molecule has 0 saturated heterocycles. The van der Waals surface area contributed by atoms with Crippen LogP contribution in [0.15, 0.2) is 18.2 Å². The summed E-state index contributed by atoms with van der Waals surface area (Å²) in [6.07, 6.45) is 0.829. The smallest absolute Gasteiger partial charge is 0.231 e. The van der Waals surface area contributed by atoms with Crippen molar-refractivity contribution >= 4 is 11.3 Å². The lowest BCUT2D eigenvalue weighted by molar-refractivity contribution is 0.174. The summed E-state index contributed by atoms with van der Waals surface area (Å²) >= 11 is 1.70. The fourth-order valence-electron chi connectivity index (χ4n) is 1.99. The number of benzene rings is 1. The average molecular weight is 262 g/mol. The first-order valence-corrected chi connectivity index (χ1v) is 6.66. The minimum Gasteiger partial charge on any atom is -0.454 e. The minimum atomic E-state index is 0.304. The maximum absolute atomic E-state index is 5.56. The highest BCUT2D eigenvalue weighted by molar-refractivity contribution is 7.15. The lowest BCUT2D eigenvalue weighted by atomic mass is 10.1. The SMILES string of the molecule is Cc1nc(CCN)sc1-c1ccc2c(c1)OCO2. The van der Waals surface area contributed by atoms with Gasteiger partial charge in [-0.05, 0) is 37.2 Å². The van der Waals surface area contributed by atoms with Crippen molar-refractivity contribution in [1.29, 1.82) is 0 Å². The van der Waals surface area contributed by atoms with Crippen LogP contribution in [-0.4, -0.2) is 18.3 Å². The molecular formula is C13H14N2O2S. The molecule has 0 saturated carbocycles. The molecule has 0 radical (unpaired) electrons. The maximum Gasteiger partial charge on any atom is 0.231 e. The first kappa shape index (κ1) is 11.5. The van der Waals surface area contributed by atoms with Gasteiger partial charge in [-0.15, -0.1) is 11.3 Å². The summed E-state index contributed by atoms with van der Waals surface area (Å²) in [6, 6.07) is 5.99. The number of nitrogens with zero attached hydrogens (tertiary/aromatic N) is 1. The summed E-state index contributed by atoms with van der Waals surface area (Å²) < 4.78 is 10.7. The average Bonchev–Trinajstić information content (AvgIpc) is 2.95. The van der Waals surface area contributed by atoms with E-state index in [1.807, 2.05) is 25.1 Å². The van der Waals surface area contributed by atoms with Gasteiger partial charge in [-0.3, -0.25) is 0 Å². The van der Waals surface area contributed by atoms with E-state index in [0.29, 0.717) is 13.3 Å². The van der Waals surface area contributed by atoms with Crippen molar-refractivity contribution in [3.63, 3.8) is 0 Å². The molecule has 0 amide bonds. The largest absolute Gasteiger partial charge is 0.454 e. The number of rotatable bonds is 3. The summed E-state index contributed by atoms with van der Waals surface area (Å²) in [4.78, 5) is 5.71. The summed E-state index contributed by atoms with van der Waals surface area (Å²) in [7, 11) is 0. The van der Waals surface area contributed by atoms with Crippen molar-refractivity contribution in [2.75, 3.05) is 13.3 Å². The highest BCUT2D eigenvalue weighted by Gasteiger charge is 2.16. The predicted molar refractivity (Wildman–Crippen MR) is 71.2 cm³/mol. The van der Waals surface area contributed by atoms with E-state index in [0.717, 1.165) is 34.2 Å². The zero-order chi connectivity index (χ0) is 12.5. The van der Waals surface area contributed by atoms with E-state index >= 15 is 0 Å². The van der Waals surface area contributed by atoms with Gasteiger partial charge >= 0.3 is 0 Å². The van der Waals surface area contributed by atoms with Crippen LogP contribution in [0.2, 0.25) is 0 Å². The highest BCUT2D eigenvalue weighted by Crippen LogP contribution is 2.38. The van der Waals surface area contributed by atoms with Crippen molar-refractivity contribution in [2.24, 2.45) is 5.73 Å². The molecule has 4 nitrogen and oxygen atoms in total. The van der Waals surface area contributed by atoms with Crippen LogP contribution in [-0.2, 0) is 6.42 Å².